The van der Waals surface area contributed by atoms with E-state index in [2.05, 4.69) is 45.0 Å². The SMILES string of the molecule is C=C(CCC(OC(=C)Cc1ccccc1C(=C)OC)C(COC(=O)Cc1ccccc1C(=O)OC)CC(=C)Cc1ccccc1C(=C)C)Cc1ccccc1C(C)=O. The minimum Gasteiger partial charge on any atom is -0.497 e. The summed E-state index contributed by atoms with van der Waals surface area (Å²) in [5, 5.41) is 0. The molecule has 4 rings (SSSR count). The summed E-state index contributed by atoms with van der Waals surface area (Å²) in [4.78, 5) is 38.4. The van der Waals surface area contributed by atoms with E-state index in [-0.39, 0.29) is 24.7 Å². The molecule has 0 aliphatic carbocycles. The molecule has 302 valence electrons. The molecule has 0 heterocycles. The minimum absolute atomic E-state index is 0.000156. The maximum absolute atomic E-state index is 13.5. The van der Waals surface area contributed by atoms with Crippen molar-refractivity contribution in [2.45, 2.75) is 64.9 Å². The van der Waals surface area contributed by atoms with Crippen LogP contribution in [0.15, 0.2) is 147 Å². The number of hydrogen-bond donors (Lipinski definition) is 0. The molecule has 58 heavy (non-hydrogen) atoms. The molecule has 0 amide bonds. The van der Waals surface area contributed by atoms with Crippen LogP contribution in [0.3, 0.4) is 0 Å². The Labute approximate surface area is 344 Å². The Morgan fingerprint density at radius 2 is 1.09 bits per heavy atom. The number of ether oxygens (including phenoxy) is 4. The summed E-state index contributed by atoms with van der Waals surface area (Å²) in [7, 11) is 2.89. The summed E-state index contributed by atoms with van der Waals surface area (Å²) < 4.78 is 23.3. The molecule has 2 unspecified atom stereocenters. The molecule has 0 N–H and O–H groups in total. The summed E-state index contributed by atoms with van der Waals surface area (Å²) in [6, 6.07) is 30.3. The van der Waals surface area contributed by atoms with Gasteiger partial charge in [0.2, 0.25) is 0 Å². The molecule has 7 nitrogen and oxygen atoms in total. The number of rotatable bonds is 23. The van der Waals surface area contributed by atoms with E-state index in [0.29, 0.717) is 66.7 Å². The van der Waals surface area contributed by atoms with Gasteiger partial charge in [-0.1, -0.05) is 141 Å². The maximum atomic E-state index is 13.5. The van der Waals surface area contributed by atoms with Crippen molar-refractivity contribution >= 4 is 29.1 Å². The summed E-state index contributed by atoms with van der Waals surface area (Å²) in [5.74, 6) is -0.305. The number of carbonyl (C=O) groups is 3. The molecule has 0 aromatic heterocycles. The zero-order valence-corrected chi connectivity index (χ0v) is 34.4. The van der Waals surface area contributed by atoms with E-state index in [9.17, 15) is 14.4 Å². The van der Waals surface area contributed by atoms with Gasteiger partial charge in [-0.05, 0) is 79.8 Å². The maximum Gasteiger partial charge on any atom is 0.338 e. The first-order chi connectivity index (χ1) is 27.8. The first kappa shape index (κ1) is 44.5. The lowest BCUT2D eigenvalue weighted by molar-refractivity contribution is -0.145. The molecule has 0 saturated heterocycles. The van der Waals surface area contributed by atoms with E-state index in [0.717, 1.165) is 44.5 Å². The van der Waals surface area contributed by atoms with E-state index < -0.39 is 18.0 Å². The Balaban J connectivity index is 1.65. The monoisotopic (exact) mass is 780 g/mol. The molecule has 0 fully saturated rings. The normalized spacial score (nSPS) is 11.7. The van der Waals surface area contributed by atoms with Crippen molar-refractivity contribution in [3.63, 3.8) is 0 Å². The van der Waals surface area contributed by atoms with Crippen LogP contribution in [0.4, 0.5) is 0 Å². The molecule has 0 spiro atoms. The second-order valence-corrected chi connectivity index (χ2v) is 14.7. The lowest BCUT2D eigenvalue weighted by Crippen LogP contribution is -2.30. The van der Waals surface area contributed by atoms with E-state index >= 15 is 0 Å². The van der Waals surface area contributed by atoms with E-state index in [1.54, 1.807) is 38.3 Å². The first-order valence-electron chi connectivity index (χ1n) is 19.4. The van der Waals surface area contributed by atoms with Crippen molar-refractivity contribution in [1.82, 2.24) is 0 Å². The summed E-state index contributed by atoms with van der Waals surface area (Å²) >= 11 is 0. The summed E-state index contributed by atoms with van der Waals surface area (Å²) in [6.07, 6.45) is 2.49. The van der Waals surface area contributed by atoms with Crippen molar-refractivity contribution in [3.8, 4) is 0 Å². The van der Waals surface area contributed by atoms with Crippen LogP contribution in [-0.4, -0.2) is 44.7 Å². The van der Waals surface area contributed by atoms with Crippen LogP contribution in [0.5, 0.6) is 0 Å². The van der Waals surface area contributed by atoms with Gasteiger partial charge in [0.1, 0.15) is 11.9 Å². The fraction of sp³-hybridized carbons (Fsp3) is 0.275. The second-order valence-electron chi connectivity index (χ2n) is 14.7. The van der Waals surface area contributed by atoms with Crippen LogP contribution in [0.1, 0.15) is 87.2 Å². The highest BCUT2D eigenvalue weighted by Crippen LogP contribution is 2.30. The van der Waals surface area contributed by atoms with Crippen molar-refractivity contribution in [2.75, 3.05) is 20.8 Å². The van der Waals surface area contributed by atoms with Gasteiger partial charge in [0.15, 0.2) is 5.78 Å². The highest BCUT2D eigenvalue weighted by atomic mass is 16.5. The second kappa shape index (κ2) is 21.9. The Morgan fingerprint density at radius 1 is 0.586 bits per heavy atom. The summed E-state index contributed by atoms with van der Waals surface area (Å²) in [5.41, 5.74) is 9.19. The molecule has 0 aliphatic rings. The van der Waals surface area contributed by atoms with Crippen LogP contribution in [0, 0.1) is 5.92 Å². The van der Waals surface area contributed by atoms with E-state index in [1.807, 2.05) is 67.6 Å². The van der Waals surface area contributed by atoms with Gasteiger partial charge in [-0.3, -0.25) is 9.59 Å². The number of ketones is 1. The average molecular weight is 781 g/mol. The lowest BCUT2D eigenvalue weighted by Gasteiger charge is -2.30. The van der Waals surface area contributed by atoms with Crippen LogP contribution in [0.25, 0.3) is 11.3 Å². The molecule has 7 heteroatoms. The largest absolute Gasteiger partial charge is 0.497 e. The zero-order chi connectivity index (χ0) is 42.2. The number of methoxy groups -OCH3 is 2. The predicted octanol–water partition coefficient (Wildman–Crippen LogP) is 10.9. The predicted molar refractivity (Wildman–Crippen MR) is 233 cm³/mol. The smallest absolute Gasteiger partial charge is 0.338 e. The third-order valence-corrected chi connectivity index (χ3v) is 10.1. The fourth-order valence-electron chi connectivity index (χ4n) is 7.13. The van der Waals surface area contributed by atoms with E-state index in [1.165, 1.54) is 7.11 Å². The highest BCUT2D eigenvalue weighted by molar-refractivity contribution is 5.95. The quantitative estimate of drug-likeness (QED) is 0.0320. The Bertz CT molecular complexity index is 2160. The number of carbonyl (C=O) groups excluding carboxylic acids is 3. The average Bonchev–Trinajstić information content (AvgIpc) is 3.21. The van der Waals surface area contributed by atoms with Gasteiger partial charge in [-0.15, -0.1) is 0 Å². The molecular weight excluding hydrogens is 725 g/mol. The van der Waals surface area contributed by atoms with Gasteiger partial charge < -0.3 is 18.9 Å². The van der Waals surface area contributed by atoms with Gasteiger partial charge >= 0.3 is 11.9 Å². The Morgan fingerprint density at radius 3 is 1.66 bits per heavy atom. The molecular formula is C51H56O7. The fourth-order valence-corrected chi connectivity index (χ4v) is 7.13. The number of hydrogen-bond acceptors (Lipinski definition) is 7. The van der Waals surface area contributed by atoms with Gasteiger partial charge in [-0.2, -0.15) is 0 Å². The first-order valence-corrected chi connectivity index (χ1v) is 19.4. The summed E-state index contributed by atoms with van der Waals surface area (Å²) in [6.45, 7) is 25.1. The van der Waals surface area contributed by atoms with Crippen LogP contribution < -0.4 is 0 Å². The molecule has 4 aromatic carbocycles. The minimum atomic E-state index is -0.526. The molecule has 4 aromatic rings. The molecule has 2 atom stereocenters. The molecule has 0 bridgehead atoms. The standard InChI is InChI=1S/C51H56O7/c1-34(2)45-22-14-10-18-40(45)29-36(4)30-44(33-57-50(53)32-43-21-13-17-25-48(43)51(54)56-9)49(27-26-35(3)28-41-19-11-15-23-46(41)38(6)52)58-37(5)31-42-20-12-16-24-47(42)39(7)55-8/h10-25,44,49H,1,3-5,7,26-33H2,2,6,8-9H3. The van der Waals surface area contributed by atoms with Gasteiger partial charge in [0, 0.05) is 23.5 Å². The third-order valence-electron chi connectivity index (χ3n) is 10.1. The number of Topliss-reactive ketones (excluding diaryl/α,β-unsaturated/α-hetero) is 1. The van der Waals surface area contributed by atoms with Gasteiger partial charge in [0.25, 0.3) is 0 Å². The van der Waals surface area contributed by atoms with Gasteiger partial charge in [-0.25, -0.2) is 4.79 Å². The van der Waals surface area contributed by atoms with Crippen molar-refractivity contribution in [1.29, 1.82) is 0 Å². The number of benzene rings is 4. The Kier molecular flexibility index (Phi) is 16.8. The van der Waals surface area contributed by atoms with Gasteiger partial charge in [0.05, 0.1) is 38.6 Å². The zero-order valence-electron chi connectivity index (χ0n) is 34.4. The molecule has 0 radical (unpaired) electrons. The van der Waals surface area contributed by atoms with Crippen molar-refractivity contribution in [3.05, 3.63) is 191 Å². The molecule has 0 saturated carbocycles. The lowest BCUT2D eigenvalue weighted by atomic mass is 9.87. The Hall–Kier alpha value is -6.21. The van der Waals surface area contributed by atoms with E-state index in [4.69, 9.17) is 18.9 Å². The highest BCUT2D eigenvalue weighted by Gasteiger charge is 2.28. The number of allylic oxidation sites excluding steroid dienone is 4. The molecule has 0 aliphatic heterocycles. The topological polar surface area (TPSA) is 88.1 Å². The van der Waals surface area contributed by atoms with Crippen LogP contribution in [-0.2, 0) is 49.4 Å². The number of esters is 2. The third kappa shape index (κ3) is 12.9. The van der Waals surface area contributed by atoms with Crippen molar-refractivity contribution < 1.29 is 33.3 Å². The van der Waals surface area contributed by atoms with Crippen LogP contribution >= 0.6 is 0 Å². The van der Waals surface area contributed by atoms with Crippen molar-refractivity contribution in [2.24, 2.45) is 5.92 Å². The van der Waals surface area contributed by atoms with Crippen LogP contribution in [0.2, 0.25) is 0 Å².